The summed E-state index contributed by atoms with van der Waals surface area (Å²) < 4.78 is 5.38. The summed E-state index contributed by atoms with van der Waals surface area (Å²) in [5.74, 6) is -0.227. The summed E-state index contributed by atoms with van der Waals surface area (Å²) in [5.41, 5.74) is 10.3. The van der Waals surface area contributed by atoms with Crippen molar-refractivity contribution in [3.63, 3.8) is 0 Å². The molecule has 7 nitrogen and oxygen atoms in total. The van der Waals surface area contributed by atoms with Gasteiger partial charge in [0.05, 0.1) is 13.2 Å². The molecule has 1 saturated heterocycles. The summed E-state index contributed by atoms with van der Waals surface area (Å²) in [6.07, 6.45) is 1.85. The van der Waals surface area contributed by atoms with Gasteiger partial charge in [-0.1, -0.05) is 85.8 Å². The van der Waals surface area contributed by atoms with Gasteiger partial charge in [-0.2, -0.15) is 0 Å². The monoisotopic (exact) mass is 550 g/mol. The topological polar surface area (TPSA) is 96.7 Å². The molecule has 3 aromatic rings. The molecule has 0 spiro atoms. The number of hydrogen-bond acceptors (Lipinski definition) is 4. The number of morpholine rings is 1. The zero-order valence-electron chi connectivity index (χ0n) is 22.4. The predicted molar refractivity (Wildman–Crippen MR) is 158 cm³/mol. The Morgan fingerprint density at radius 2 is 1.41 bits per heavy atom. The Morgan fingerprint density at radius 1 is 0.846 bits per heavy atom. The van der Waals surface area contributed by atoms with E-state index in [1.54, 1.807) is 4.90 Å². The Labute approximate surface area is 237 Å². The number of nitrogen functional groups attached to an aromatic ring is 1. The summed E-state index contributed by atoms with van der Waals surface area (Å²) in [5, 5.41) is 6.29. The van der Waals surface area contributed by atoms with Crippen molar-refractivity contribution >= 4 is 30.0 Å². The number of amides is 3. The predicted octanol–water partition coefficient (Wildman–Crippen LogP) is 4.56. The molecule has 1 fully saturated rings. The molecule has 208 valence electrons. The Balaban J connectivity index is 0.00000420. The molecule has 0 aromatic heterocycles. The minimum atomic E-state index is -0.715. The fraction of sp³-hybridized carbons (Fsp3) is 0.355. The van der Waals surface area contributed by atoms with E-state index in [0.29, 0.717) is 44.8 Å². The van der Waals surface area contributed by atoms with Gasteiger partial charge in [-0.15, -0.1) is 12.4 Å². The van der Waals surface area contributed by atoms with Gasteiger partial charge in [0.1, 0.15) is 6.04 Å². The van der Waals surface area contributed by atoms with Gasteiger partial charge in [0.25, 0.3) is 0 Å². The second-order valence-corrected chi connectivity index (χ2v) is 9.74. The van der Waals surface area contributed by atoms with Crippen LogP contribution in [0, 0.1) is 0 Å². The third-order valence-corrected chi connectivity index (χ3v) is 7.14. The van der Waals surface area contributed by atoms with Crippen LogP contribution in [0.25, 0.3) is 0 Å². The molecule has 4 rings (SSSR count). The van der Waals surface area contributed by atoms with E-state index in [2.05, 4.69) is 29.7 Å². The third kappa shape index (κ3) is 8.47. The highest BCUT2D eigenvalue weighted by Gasteiger charge is 2.30. The summed E-state index contributed by atoms with van der Waals surface area (Å²) in [7, 11) is 0. The zero-order chi connectivity index (χ0) is 26.7. The number of hydrogen-bond donors (Lipinski definition) is 3. The fourth-order valence-electron chi connectivity index (χ4n) is 5.02. The van der Waals surface area contributed by atoms with Crippen LogP contribution in [-0.2, 0) is 22.4 Å². The van der Waals surface area contributed by atoms with Gasteiger partial charge < -0.3 is 26.0 Å². The lowest BCUT2D eigenvalue weighted by Gasteiger charge is -2.32. The van der Waals surface area contributed by atoms with E-state index in [1.165, 1.54) is 5.56 Å². The van der Waals surface area contributed by atoms with Crippen LogP contribution >= 0.6 is 12.4 Å². The largest absolute Gasteiger partial charge is 0.398 e. The molecule has 0 aliphatic carbocycles. The smallest absolute Gasteiger partial charge is 0.318 e. The first kappa shape index (κ1) is 30.0. The van der Waals surface area contributed by atoms with Crippen LogP contribution in [-0.4, -0.2) is 55.2 Å². The van der Waals surface area contributed by atoms with Gasteiger partial charge >= 0.3 is 6.03 Å². The average molecular weight is 551 g/mol. The van der Waals surface area contributed by atoms with E-state index in [0.717, 1.165) is 17.5 Å². The lowest BCUT2D eigenvalue weighted by Crippen LogP contribution is -2.56. The van der Waals surface area contributed by atoms with Crippen LogP contribution < -0.4 is 16.4 Å². The summed E-state index contributed by atoms with van der Waals surface area (Å²) in [6, 6.07) is 26.7. The van der Waals surface area contributed by atoms with Gasteiger partial charge in [0.15, 0.2) is 0 Å². The van der Waals surface area contributed by atoms with Crippen LogP contribution in [0.2, 0.25) is 0 Å². The molecule has 4 N–H and O–H groups in total. The highest BCUT2D eigenvalue weighted by molar-refractivity contribution is 5.87. The molecule has 1 heterocycles. The Kier molecular flexibility index (Phi) is 11.6. The molecule has 3 unspecified atom stereocenters. The molecule has 1 aliphatic rings. The van der Waals surface area contributed by atoms with Gasteiger partial charge in [-0.05, 0) is 35.6 Å². The molecular formula is C31H39ClN4O3. The average Bonchev–Trinajstić information content (AvgIpc) is 2.96. The van der Waals surface area contributed by atoms with E-state index in [1.807, 2.05) is 72.8 Å². The molecule has 0 bridgehead atoms. The number of benzene rings is 3. The maximum atomic E-state index is 13.8. The Morgan fingerprint density at radius 3 is 2.00 bits per heavy atom. The normalized spacial score (nSPS) is 15.4. The fourth-order valence-corrected chi connectivity index (χ4v) is 5.02. The van der Waals surface area contributed by atoms with E-state index in [9.17, 15) is 9.59 Å². The number of nitrogens with one attached hydrogen (secondary N) is 2. The standard InChI is InChI=1S/C31H38N4O3.ClH/c1-2-28(26(21-23-11-5-3-6-12-23)25-15-9-10-16-27(25)32)33-30(36)29(22-24-13-7-4-8-14-24)34-31(37)35-17-19-38-20-18-35;/h3-16,26,28-29H,2,17-22,32H2,1H3,(H,33,36)(H,34,37);1H. The number of urea groups is 1. The second-order valence-electron chi connectivity index (χ2n) is 9.74. The first-order valence-electron chi connectivity index (χ1n) is 13.4. The number of rotatable bonds is 10. The maximum Gasteiger partial charge on any atom is 0.318 e. The number of carbonyl (C=O) groups excluding carboxylic acids is 2. The van der Waals surface area contributed by atoms with E-state index >= 15 is 0 Å². The minimum Gasteiger partial charge on any atom is -0.398 e. The van der Waals surface area contributed by atoms with Crippen molar-refractivity contribution in [2.45, 2.75) is 44.2 Å². The van der Waals surface area contributed by atoms with Gasteiger partial charge in [0, 0.05) is 37.2 Å². The lowest BCUT2D eigenvalue weighted by molar-refractivity contribution is -0.123. The number of carbonyl (C=O) groups is 2. The van der Waals surface area contributed by atoms with Crippen LogP contribution in [0.1, 0.15) is 36.0 Å². The molecule has 3 amide bonds. The molecule has 39 heavy (non-hydrogen) atoms. The van der Waals surface area contributed by atoms with E-state index in [4.69, 9.17) is 10.5 Å². The summed E-state index contributed by atoms with van der Waals surface area (Å²) >= 11 is 0. The first-order chi connectivity index (χ1) is 18.5. The Hall–Kier alpha value is -3.55. The molecule has 8 heteroatoms. The van der Waals surface area contributed by atoms with E-state index in [-0.39, 0.29) is 36.3 Å². The molecule has 1 aliphatic heterocycles. The first-order valence-corrected chi connectivity index (χ1v) is 13.4. The highest BCUT2D eigenvalue weighted by Crippen LogP contribution is 2.30. The number of ether oxygens (including phenoxy) is 1. The van der Waals surface area contributed by atoms with Crippen molar-refractivity contribution in [3.05, 3.63) is 102 Å². The SMILES string of the molecule is CCC(NC(=O)C(Cc1ccccc1)NC(=O)N1CCOCC1)C(Cc1ccccc1)c1ccccc1N.Cl. The van der Waals surface area contributed by atoms with Crippen molar-refractivity contribution < 1.29 is 14.3 Å². The minimum absolute atomic E-state index is 0. The van der Waals surface area contributed by atoms with Crippen molar-refractivity contribution in [1.82, 2.24) is 15.5 Å². The van der Waals surface area contributed by atoms with Crippen LogP contribution in [0.3, 0.4) is 0 Å². The molecule has 0 radical (unpaired) electrons. The highest BCUT2D eigenvalue weighted by atomic mass is 35.5. The van der Waals surface area contributed by atoms with Crippen molar-refractivity contribution in [1.29, 1.82) is 0 Å². The number of para-hydroxylation sites is 1. The van der Waals surface area contributed by atoms with E-state index < -0.39 is 6.04 Å². The maximum absolute atomic E-state index is 13.8. The number of nitrogens with zero attached hydrogens (tertiary/aromatic N) is 1. The molecule has 3 atom stereocenters. The zero-order valence-corrected chi connectivity index (χ0v) is 23.2. The van der Waals surface area contributed by atoms with Gasteiger partial charge in [0.2, 0.25) is 5.91 Å². The van der Waals surface area contributed by atoms with Crippen molar-refractivity contribution in [3.8, 4) is 0 Å². The lowest BCUT2D eigenvalue weighted by atomic mass is 9.83. The van der Waals surface area contributed by atoms with Crippen LogP contribution in [0.4, 0.5) is 10.5 Å². The molecule has 0 saturated carbocycles. The quantitative estimate of drug-likeness (QED) is 0.322. The van der Waals surface area contributed by atoms with Crippen LogP contribution in [0.15, 0.2) is 84.9 Å². The third-order valence-electron chi connectivity index (χ3n) is 7.14. The number of nitrogens with two attached hydrogens (primary N) is 1. The number of anilines is 1. The Bertz CT molecular complexity index is 1170. The summed E-state index contributed by atoms with van der Waals surface area (Å²) in [6.45, 7) is 4.09. The molecule has 3 aromatic carbocycles. The van der Waals surface area contributed by atoms with Gasteiger partial charge in [-0.25, -0.2) is 4.79 Å². The molecular weight excluding hydrogens is 512 g/mol. The van der Waals surface area contributed by atoms with Crippen molar-refractivity contribution in [2.24, 2.45) is 0 Å². The van der Waals surface area contributed by atoms with Crippen LogP contribution in [0.5, 0.6) is 0 Å². The summed E-state index contributed by atoms with van der Waals surface area (Å²) in [4.78, 5) is 28.6. The van der Waals surface area contributed by atoms with Gasteiger partial charge in [-0.3, -0.25) is 4.79 Å². The number of halogens is 1. The second kappa shape index (κ2) is 15.1. The van der Waals surface area contributed by atoms with Crippen molar-refractivity contribution in [2.75, 3.05) is 32.0 Å².